The fraction of sp³-hybridized carbons (Fsp3) is 0.900. The fourth-order valence-corrected chi connectivity index (χ4v) is 1.65. The van der Waals surface area contributed by atoms with Gasteiger partial charge in [0, 0.05) is 25.6 Å². The Morgan fingerprint density at radius 3 is 2.54 bits per heavy atom. The molecule has 0 spiro atoms. The maximum absolute atomic E-state index is 11.6. The number of nitrogens with two attached hydrogens (primary N) is 1. The van der Waals surface area contributed by atoms with Crippen molar-refractivity contribution in [3.8, 4) is 0 Å². The van der Waals surface area contributed by atoms with Crippen LogP contribution < -0.4 is 5.73 Å². The van der Waals surface area contributed by atoms with E-state index in [-0.39, 0.29) is 11.9 Å². The maximum Gasteiger partial charge on any atom is 0.222 e. The Balaban J connectivity index is 2.21. The number of rotatable bonds is 3. The van der Waals surface area contributed by atoms with E-state index in [2.05, 4.69) is 0 Å². The van der Waals surface area contributed by atoms with Gasteiger partial charge in [-0.05, 0) is 32.6 Å². The van der Waals surface area contributed by atoms with E-state index in [0.29, 0.717) is 6.42 Å². The summed E-state index contributed by atoms with van der Waals surface area (Å²) < 4.78 is 0. The zero-order chi connectivity index (χ0) is 9.68. The van der Waals surface area contributed by atoms with Gasteiger partial charge in [0.2, 0.25) is 5.91 Å². The van der Waals surface area contributed by atoms with Crippen LogP contribution in [0.3, 0.4) is 0 Å². The largest absolute Gasteiger partial charge is 0.343 e. The molecule has 1 aliphatic rings. The summed E-state index contributed by atoms with van der Waals surface area (Å²) in [5, 5.41) is 0. The number of amides is 1. The van der Waals surface area contributed by atoms with Gasteiger partial charge in [-0.15, -0.1) is 0 Å². The van der Waals surface area contributed by atoms with Crippen molar-refractivity contribution in [2.75, 3.05) is 13.1 Å². The summed E-state index contributed by atoms with van der Waals surface area (Å²) in [5.74, 6) is 0.289. The Hall–Kier alpha value is -0.570. The average Bonchev–Trinajstić information content (AvgIpc) is 2.15. The lowest BCUT2D eigenvalue weighted by Crippen LogP contribution is -2.36. The highest BCUT2D eigenvalue weighted by molar-refractivity contribution is 5.76. The van der Waals surface area contributed by atoms with Gasteiger partial charge in [0.05, 0.1) is 0 Å². The van der Waals surface area contributed by atoms with Crippen LogP contribution in [0.5, 0.6) is 0 Å². The number of carbonyl (C=O) groups is 1. The third-order valence-electron chi connectivity index (χ3n) is 2.52. The highest BCUT2D eigenvalue weighted by Crippen LogP contribution is 2.10. The molecular formula is C10H20N2O. The topological polar surface area (TPSA) is 46.3 Å². The van der Waals surface area contributed by atoms with Crippen molar-refractivity contribution >= 4 is 5.91 Å². The van der Waals surface area contributed by atoms with Crippen LogP contribution in [0.1, 0.15) is 39.0 Å². The summed E-state index contributed by atoms with van der Waals surface area (Å²) in [5.41, 5.74) is 5.60. The molecule has 1 rings (SSSR count). The van der Waals surface area contributed by atoms with Gasteiger partial charge in [-0.25, -0.2) is 0 Å². The molecule has 0 saturated carbocycles. The zero-order valence-electron chi connectivity index (χ0n) is 8.46. The average molecular weight is 184 g/mol. The number of carbonyl (C=O) groups excluding carboxylic acids is 1. The molecule has 13 heavy (non-hydrogen) atoms. The quantitative estimate of drug-likeness (QED) is 0.714. The number of hydrogen-bond acceptors (Lipinski definition) is 2. The molecular weight excluding hydrogens is 164 g/mol. The molecule has 1 saturated heterocycles. The molecule has 0 aliphatic carbocycles. The molecule has 1 aliphatic heterocycles. The summed E-state index contributed by atoms with van der Waals surface area (Å²) >= 11 is 0. The standard InChI is InChI=1S/C10H20N2O/c1-9(11)5-6-10(13)12-7-3-2-4-8-12/h9H,2-8,11H2,1H3. The van der Waals surface area contributed by atoms with Crippen molar-refractivity contribution in [1.29, 1.82) is 0 Å². The maximum atomic E-state index is 11.6. The van der Waals surface area contributed by atoms with E-state index in [4.69, 9.17) is 5.73 Å². The van der Waals surface area contributed by atoms with Gasteiger partial charge < -0.3 is 10.6 Å². The first-order valence-corrected chi connectivity index (χ1v) is 5.23. The monoisotopic (exact) mass is 184 g/mol. The molecule has 76 valence electrons. The molecule has 1 unspecified atom stereocenters. The van der Waals surface area contributed by atoms with Crippen LogP contribution in [0, 0.1) is 0 Å². The second kappa shape index (κ2) is 5.22. The van der Waals surface area contributed by atoms with Crippen LogP contribution in [-0.2, 0) is 4.79 Å². The predicted molar refractivity (Wildman–Crippen MR) is 53.3 cm³/mol. The van der Waals surface area contributed by atoms with Crippen LogP contribution in [0.2, 0.25) is 0 Å². The fourth-order valence-electron chi connectivity index (χ4n) is 1.65. The lowest BCUT2D eigenvalue weighted by molar-refractivity contribution is -0.132. The first-order chi connectivity index (χ1) is 6.20. The predicted octanol–water partition coefficient (Wildman–Crippen LogP) is 1.13. The molecule has 3 heteroatoms. The first kappa shape index (κ1) is 10.5. The second-order valence-electron chi connectivity index (χ2n) is 3.96. The van der Waals surface area contributed by atoms with E-state index in [1.54, 1.807) is 0 Å². The van der Waals surface area contributed by atoms with Gasteiger partial charge in [-0.3, -0.25) is 4.79 Å². The van der Waals surface area contributed by atoms with E-state index in [0.717, 1.165) is 19.5 Å². The van der Waals surface area contributed by atoms with Gasteiger partial charge in [-0.1, -0.05) is 0 Å². The zero-order valence-corrected chi connectivity index (χ0v) is 8.46. The SMILES string of the molecule is CC(N)CCC(=O)N1CCCCC1. The van der Waals surface area contributed by atoms with Crippen molar-refractivity contribution in [1.82, 2.24) is 4.90 Å². The molecule has 2 N–H and O–H groups in total. The van der Waals surface area contributed by atoms with Crippen molar-refractivity contribution in [3.05, 3.63) is 0 Å². The summed E-state index contributed by atoms with van der Waals surface area (Å²) in [6.45, 7) is 3.86. The number of likely N-dealkylation sites (tertiary alicyclic amines) is 1. The molecule has 0 bridgehead atoms. The molecule has 1 fully saturated rings. The Bertz CT molecular complexity index is 162. The molecule has 3 nitrogen and oxygen atoms in total. The van der Waals surface area contributed by atoms with Gasteiger partial charge in [0.25, 0.3) is 0 Å². The summed E-state index contributed by atoms with van der Waals surface area (Å²) in [6.07, 6.45) is 5.05. The summed E-state index contributed by atoms with van der Waals surface area (Å²) in [4.78, 5) is 13.6. The third-order valence-corrected chi connectivity index (χ3v) is 2.52. The Kier molecular flexibility index (Phi) is 4.22. The van der Waals surface area contributed by atoms with E-state index < -0.39 is 0 Å². The van der Waals surface area contributed by atoms with Crippen LogP contribution in [0.25, 0.3) is 0 Å². The minimum Gasteiger partial charge on any atom is -0.343 e. The van der Waals surface area contributed by atoms with E-state index in [9.17, 15) is 4.79 Å². The number of hydrogen-bond donors (Lipinski definition) is 1. The van der Waals surface area contributed by atoms with Crippen LogP contribution >= 0.6 is 0 Å². The lowest BCUT2D eigenvalue weighted by atomic mass is 10.1. The first-order valence-electron chi connectivity index (χ1n) is 5.23. The van der Waals surface area contributed by atoms with Gasteiger partial charge in [0.15, 0.2) is 0 Å². The third kappa shape index (κ3) is 3.77. The molecule has 1 atom stereocenters. The highest BCUT2D eigenvalue weighted by atomic mass is 16.2. The Morgan fingerprint density at radius 2 is 2.00 bits per heavy atom. The van der Waals surface area contributed by atoms with Gasteiger partial charge >= 0.3 is 0 Å². The number of nitrogens with zero attached hydrogens (tertiary/aromatic N) is 1. The highest BCUT2D eigenvalue weighted by Gasteiger charge is 2.15. The smallest absolute Gasteiger partial charge is 0.222 e. The minimum atomic E-state index is 0.147. The van der Waals surface area contributed by atoms with E-state index in [1.165, 1.54) is 19.3 Å². The van der Waals surface area contributed by atoms with Crippen molar-refractivity contribution < 1.29 is 4.79 Å². The second-order valence-corrected chi connectivity index (χ2v) is 3.96. The van der Waals surface area contributed by atoms with Crippen LogP contribution in [-0.4, -0.2) is 29.9 Å². The molecule has 0 aromatic rings. The summed E-state index contributed by atoms with van der Waals surface area (Å²) in [7, 11) is 0. The molecule has 1 heterocycles. The Labute approximate surface area is 80.3 Å². The van der Waals surface area contributed by atoms with E-state index >= 15 is 0 Å². The van der Waals surface area contributed by atoms with Crippen LogP contribution in [0.15, 0.2) is 0 Å². The van der Waals surface area contributed by atoms with E-state index in [1.807, 2.05) is 11.8 Å². The lowest BCUT2D eigenvalue weighted by Gasteiger charge is -2.26. The van der Waals surface area contributed by atoms with Crippen molar-refractivity contribution in [2.24, 2.45) is 5.73 Å². The molecule has 0 aromatic carbocycles. The molecule has 0 radical (unpaired) electrons. The van der Waals surface area contributed by atoms with Gasteiger partial charge in [-0.2, -0.15) is 0 Å². The normalized spacial score (nSPS) is 20.0. The van der Waals surface area contributed by atoms with Gasteiger partial charge in [0.1, 0.15) is 0 Å². The minimum absolute atomic E-state index is 0.147. The van der Waals surface area contributed by atoms with Crippen molar-refractivity contribution in [2.45, 2.75) is 45.1 Å². The molecule has 1 amide bonds. The number of piperidine rings is 1. The summed E-state index contributed by atoms with van der Waals surface area (Å²) in [6, 6.07) is 0.147. The van der Waals surface area contributed by atoms with Crippen LogP contribution in [0.4, 0.5) is 0 Å². The Morgan fingerprint density at radius 1 is 1.38 bits per heavy atom. The molecule has 0 aromatic heterocycles. The van der Waals surface area contributed by atoms with Crippen molar-refractivity contribution in [3.63, 3.8) is 0 Å².